The molecular weight excluding hydrogens is 414 g/mol. The Morgan fingerprint density at radius 1 is 1.19 bits per heavy atom. The fourth-order valence-electron chi connectivity index (χ4n) is 2.75. The van der Waals surface area contributed by atoms with Gasteiger partial charge in [0.15, 0.2) is 0 Å². The Morgan fingerprint density at radius 2 is 1.90 bits per heavy atom. The van der Waals surface area contributed by atoms with E-state index < -0.39 is 0 Å². The molecule has 1 aromatic heterocycles. The van der Waals surface area contributed by atoms with Crippen LogP contribution in [0.15, 0.2) is 64.7 Å². The smallest absolute Gasteiger partial charge is 0.221 e. The number of fused-ring (bicyclic) bond motifs is 3. The number of carbonyl (C=O) groups excluding carboxylic acids is 1. The Morgan fingerprint density at radius 3 is 2.55 bits per heavy atom. The maximum Gasteiger partial charge on any atom is 0.221 e. The average molecular weight is 446 g/mol. The van der Waals surface area contributed by atoms with Crippen molar-refractivity contribution in [1.82, 2.24) is 10.7 Å². The van der Waals surface area contributed by atoms with Crippen molar-refractivity contribution in [3.05, 3.63) is 65.3 Å². The van der Waals surface area contributed by atoms with Gasteiger partial charge in [0.05, 0.1) is 17.0 Å². The standard InChI is InChI=1S/C21H22ClNO2.C2H6.CH4N2O/c1-3-4-5-8-15(23-2)13-14-24-19-12-11-18-20(21(19)22)16-9-6-7-10-17(16)25-18;1-2;2-3-1-4/h4-12,23H,3,13-14H2,1-2H3;1-2H3;1H,2H2,(H,3,4)/b5-4-,15-8+;;. The molecule has 0 fully saturated rings. The first kappa shape index (κ1) is 26.1. The normalized spacial score (nSPS) is 10.8. The Labute approximate surface area is 189 Å². The van der Waals surface area contributed by atoms with E-state index in [0.29, 0.717) is 23.8 Å². The van der Waals surface area contributed by atoms with Crippen LogP contribution < -0.4 is 21.3 Å². The van der Waals surface area contributed by atoms with E-state index in [0.717, 1.165) is 40.5 Å². The predicted molar refractivity (Wildman–Crippen MR) is 130 cm³/mol. The highest BCUT2D eigenvalue weighted by atomic mass is 35.5. The second-order valence-corrected chi connectivity index (χ2v) is 6.39. The molecule has 0 aliphatic carbocycles. The SMILES string of the molecule is CC.CC/C=C\C=C(/CCOc1ccc2oc3ccccc3c2c1Cl)NC.NNC=O. The maximum absolute atomic E-state index is 8.94. The molecule has 0 aliphatic heterocycles. The molecule has 0 atom stereocenters. The number of benzene rings is 2. The van der Waals surface area contributed by atoms with Crippen molar-refractivity contribution in [2.24, 2.45) is 5.84 Å². The summed E-state index contributed by atoms with van der Waals surface area (Å²) in [6.45, 7) is 6.66. The zero-order chi connectivity index (χ0) is 23.1. The molecule has 3 rings (SSSR count). The second kappa shape index (κ2) is 14.9. The molecule has 0 spiro atoms. The molecule has 6 nitrogen and oxygen atoms in total. The van der Waals surface area contributed by atoms with Gasteiger partial charge in [0.2, 0.25) is 6.41 Å². The van der Waals surface area contributed by atoms with E-state index in [1.54, 1.807) is 5.43 Å². The predicted octanol–water partition coefficient (Wildman–Crippen LogP) is 5.71. The minimum Gasteiger partial charge on any atom is -0.492 e. The van der Waals surface area contributed by atoms with Crippen molar-refractivity contribution in [3.63, 3.8) is 0 Å². The van der Waals surface area contributed by atoms with Gasteiger partial charge < -0.3 is 14.5 Å². The number of hydrogen-bond donors (Lipinski definition) is 3. The van der Waals surface area contributed by atoms with E-state index in [2.05, 4.69) is 36.3 Å². The number of rotatable bonds is 8. The fourth-order valence-corrected chi connectivity index (χ4v) is 3.06. The van der Waals surface area contributed by atoms with E-state index in [1.165, 1.54) is 0 Å². The highest BCUT2D eigenvalue weighted by molar-refractivity contribution is 6.39. The number of ether oxygens (including phenoxy) is 1. The van der Waals surface area contributed by atoms with Crippen molar-refractivity contribution < 1.29 is 13.9 Å². The number of hydrogen-bond acceptors (Lipinski definition) is 5. The quantitative estimate of drug-likeness (QED) is 0.136. The van der Waals surface area contributed by atoms with Gasteiger partial charge in [-0.15, -0.1) is 0 Å². The molecule has 0 aliphatic rings. The summed E-state index contributed by atoms with van der Waals surface area (Å²) in [5, 5.41) is 5.71. The zero-order valence-corrected chi connectivity index (χ0v) is 19.3. The van der Waals surface area contributed by atoms with Gasteiger partial charge in [-0.05, 0) is 30.7 Å². The summed E-state index contributed by atoms with van der Waals surface area (Å²) in [7, 11) is 1.92. The number of halogens is 1. The first-order valence-corrected chi connectivity index (χ1v) is 10.7. The van der Waals surface area contributed by atoms with Crippen molar-refractivity contribution in [2.45, 2.75) is 33.6 Å². The second-order valence-electron chi connectivity index (χ2n) is 6.01. The van der Waals surface area contributed by atoms with Gasteiger partial charge in [0, 0.05) is 24.6 Å². The van der Waals surface area contributed by atoms with Crippen molar-refractivity contribution in [3.8, 4) is 5.75 Å². The molecule has 4 N–H and O–H groups in total. The molecule has 168 valence electrons. The molecule has 0 saturated heterocycles. The van der Waals surface area contributed by atoms with Crippen molar-refractivity contribution in [2.75, 3.05) is 13.7 Å². The molecule has 3 aromatic rings. The largest absolute Gasteiger partial charge is 0.492 e. The Hall–Kier alpha value is -2.96. The van der Waals surface area contributed by atoms with Crippen LogP contribution in [0.2, 0.25) is 5.02 Å². The molecule has 0 saturated carbocycles. The number of furan rings is 1. The number of nitrogens with one attached hydrogen (secondary N) is 2. The lowest BCUT2D eigenvalue weighted by molar-refractivity contribution is -0.109. The van der Waals surface area contributed by atoms with Gasteiger partial charge in [-0.3, -0.25) is 10.2 Å². The summed E-state index contributed by atoms with van der Waals surface area (Å²) in [6.07, 6.45) is 8.46. The summed E-state index contributed by atoms with van der Waals surface area (Å²) in [6, 6.07) is 11.7. The van der Waals surface area contributed by atoms with Gasteiger partial charge in [0.1, 0.15) is 16.9 Å². The number of amides is 1. The number of nitrogens with two attached hydrogens (primary N) is 1. The van der Waals surface area contributed by atoms with Crippen LogP contribution in [0, 0.1) is 0 Å². The summed E-state index contributed by atoms with van der Waals surface area (Å²) >= 11 is 6.59. The molecule has 1 heterocycles. The van der Waals surface area contributed by atoms with Crippen LogP contribution in [-0.2, 0) is 4.79 Å². The molecule has 2 aromatic carbocycles. The Balaban J connectivity index is 0.000000720. The van der Waals surface area contributed by atoms with Crippen LogP contribution in [0.4, 0.5) is 0 Å². The van der Waals surface area contributed by atoms with Crippen LogP contribution in [-0.4, -0.2) is 20.1 Å². The van der Waals surface area contributed by atoms with Gasteiger partial charge in [-0.1, -0.05) is 62.7 Å². The minimum atomic E-state index is 0.403. The Kier molecular flexibility index (Phi) is 12.6. The fraction of sp³-hybridized carbons (Fsp3) is 0.292. The number of allylic oxidation sites excluding steroid dienone is 3. The van der Waals surface area contributed by atoms with E-state index in [4.69, 9.17) is 25.5 Å². The molecule has 0 radical (unpaired) electrons. The topological polar surface area (TPSA) is 89.5 Å². The number of para-hydroxylation sites is 1. The third-order valence-electron chi connectivity index (χ3n) is 4.13. The van der Waals surface area contributed by atoms with E-state index >= 15 is 0 Å². The lowest BCUT2D eigenvalue weighted by atomic mass is 10.1. The van der Waals surface area contributed by atoms with Crippen molar-refractivity contribution >= 4 is 39.9 Å². The van der Waals surface area contributed by atoms with Gasteiger partial charge >= 0.3 is 0 Å². The first-order chi connectivity index (χ1) is 15.2. The van der Waals surface area contributed by atoms with Crippen LogP contribution in [0.5, 0.6) is 5.75 Å². The molecule has 0 bridgehead atoms. The summed E-state index contributed by atoms with van der Waals surface area (Å²) < 4.78 is 11.8. The van der Waals surface area contributed by atoms with Crippen LogP contribution in [0.25, 0.3) is 21.9 Å². The Bertz CT molecular complexity index is 996. The average Bonchev–Trinajstić information content (AvgIpc) is 3.20. The van der Waals surface area contributed by atoms with E-state index in [9.17, 15) is 0 Å². The van der Waals surface area contributed by atoms with Crippen LogP contribution in [0.3, 0.4) is 0 Å². The molecule has 31 heavy (non-hydrogen) atoms. The maximum atomic E-state index is 8.94. The summed E-state index contributed by atoms with van der Waals surface area (Å²) in [5.74, 6) is 5.09. The summed E-state index contributed by atoms with van der Waals surface area (Å²) in [4.78, 5) is 8.94. The van der Waals surface area contributed by atoms with E-state index in [1.807, 2.05) is 57.3 Å². The third-order valence-corrected chi connectivity index (χ3v) is 4.51. The zero-order valence-electron chi connectivity index (χ0n) is 18.6. The number of carbonyl (C=O) groups is 1. The van der Waals surface area contributed by atoms with Crippen LogP contribution in [0.1, 0.15) is 33.6 Å². The lowest BCUT2D eigenvalue weighted by Gasteiger charge is -2.10. The van der Waals surface area contributed by atoms with Gasteiger partial charge in [-0.25, -0.2) is 5.84 Å². The van der Waals surface area contributed by atoms with Gasteiger partial charge in [-0.2, -0.15) is 0 Å². The molecule has 7 heteroatoms. The third kappa shape index (κ3) is 7.66. The molecular formula is C24H32ClN3O3. The minimum absolute atomic E-state index is 0.403. The summed E-state index contributed by atoms with van der Waals surface area (Å²) in [5.41, 5.74) is 4.48. The highest BCUT2D eigenvalue weighted by Crippen LogP contribution is 2.39. The highest BCUT2D eigenvalue weighted by Gasteiger charge is 2.14. The monoisotopic (exact) mass is 445 g/mol. The first-order valence-electron chi connectivity index (χ1n) is 10.3. The van der Waals surface area contributed by atoms with Gasteiger partial charge in [0.25, 0.3) is 0 Å². The molecule has 1 amide bonds. The lowest BCUT2D eigenvalue weighted by Crippen LogP contribution is -2.18. The van der Waals surface area contributed by atoms with Crippen LogP contribution >= 0.6 is 11.6 Å². The van der Waals surface area contributed by atoms with E-state index in [-0.39, 0.29) is 0 Å². The number of hydrazine groups is 1. The van der Waals surface area contributed by atoms with Crippen molar-refractivity contribution in [1.29, 1.82) is 0 Å². The molecule has 0 unspecified atom stereocenters.